The number of ether oxygens (including phenoxy) is 1. The van der Waals surface area contributed by atoms with Crippen molar-refractivity contribution in [2.75, 3.05) is 17.7 Å². The quantitative estimate of drug-likeness (QED) is 0.749. The first kappa shape index (κ1) is 14.8. The largest absolute Gasteiger partial charge is 0.497 e. The predicted octanol–water partition coefficient (Wildman–Crippen LogP) is 3.68. The summed E-state index contributed by atoms with van der Waals surface area (Å²) in [5.74, 6) is 1.81. The lowest BCUT2D eigenvalue weighted by Gasteiger charge is -2.09. The zero-order valence-corrected chi connectivity index (χ0v) is 12.9. The molecular formula is C17H17N5O. The first-order valence-corrected chi connectivity index (χ1v) is 7.17. The highest BCUT2D eigenvalue weighted by atomic mass is 16.5. The molecule has 6 heteroatoms. The molecule has 116 valence electrons. The number of methoxy groups -OCH3 is 1. The van der Waals surface area contributed by atoms with Gasteiger partial charge in [0.25, 0.3) is 0 Å². The molecule has 0 amide bonds. The smallest absolute Gasteiger partial charge is 0.249 e. The van der Waals surface area contributed by atoms with E-state index in [1.807, 2.05) is 55.5 Å². The Hall–Kier alpha value is -3.15. The van der Waals surface area contributed by atoms with Crippen LogP contribution in [0.1, 0.15) is 5.56 Å². The number of aromatic nitrogens is 3. The van der Waals surface area contributed by atoms with Crippen molar-refractivity contribution in [1.29, 1.82) is 0 Å². The SMILES string of the molecule is COc1cccc(Nc2cnnc(Nc3ccc(C)cc3)n2)c1. The van der Waals surface area contributed by atoms with Crippen LogP contribution in [0, 0.1) is 6.92 Å². The number of nitrogens with zero attached hydrogens (tertiary/aromatic N) is 3. The van der Waals surface area contributed by atoms with E-state index >= 15 is 0 Å². The molecule has 1 aromatic heterocycles. The second-order valence-corrected chi connectivity index (χ2v) is 5.01. The van der Waals surface area contributed by atoms with Crippen LogP contribution in [0.4, 0.5) is 23.1 Å². The van der Waals surface area contributed by atoms with Crippen LogP contribution in [0.15, 0.2) is 54.7 Å². The normalized spacial score (nSPS) is 10.2. The average Bonchev–Trinajstić information content (AvgIpc) is 2.57. The van der Waals surface area contributed by atoms with Crippen LogP contribution < -0.4 is 15.4 Å². The predicted molar refractivity (Wildman–Crippen MR) is 90.6 cm³/mol. The van der Waals surface area contributed by atoms with Crippen LogP contribution in [0.3, 0.4) is 0 Å². The maximum atomic E-state index is 5.20. The maximum absolute atomic E-state index is 5.20. The third-order valence-corrected chi connectivity index (χ3v) is 3.21. The summed E-state index contributed by atoms with van der Waals surface area (Å²) >= 11 is 0. The van der Waals surface area contributed by atoms with Crippen LogP contribution in [0.25, 0.3) is 0 Å². The molecule has 2 N–H and O–H groups in total. The van der Waals surface area contributed by atoms with Crippen molar-refractivity contribution in [1.82, 2.24) is 15.2 Å². The molecule has 0 atom stereocenters. The van der Waals surface area contributed by atoms with Gasteiger partial charge in [-0.2, -0.15) is 10.1 Å². The molecule has 1 heterocycles. The van der Waals surface area contributed by atoms with Gasteiger partial charge < -0.3 is 15.4 Å². The van der Waals surface area contributed by atoms with Crippen molar-refractivity contribution >= 4 is 23.1 Å². The van der Waals surface area contributed by atoms with Gasteiger partial charge in [-0.1, -0.05) is 23.8 Å². The fourth-order valence-corrected chi connectivity index (χ4v) is 2.03. The second kappa shape index (κ2) is 6.74. The topological polar surface area (TPSA) is 72.0 Å². The molecule has 0 spiro atoms. The van der Waals surface area contributed by atoms with E-state index in [-0.39, 0.29) is 0 Å². The molecule has 0 saturated heterocycles. The summed E-state index contributed by atoms with van der Waals surface area (Å²) < 4.78 is 5.20. The Bertz CT molecular complexity index is 789. The van der Waals surface area contributed by atoms with E-state index in [0.29, 0.717) is 11.8 Å². The third-order valence-electron chi connectivity index (χ3n) is 3.21. The number of aryl methyl sites for hydroxylation is 1. The maximum Gasteiger partial charge on any atom is 0.249 e. The highest BCUT2D eigenvalue weighted by Gasteiger charge is 2.03. The van der Waals surface area contributed by atoms with Crippen molar-refractivity contribution in [3.05, 3.63) is 60.3 Å². The minimum atomic E-state index is 0.432. The highest BCUT2D eigenvalue weighted by Crippen LogP contribution is 2.20. The molecule has 3 aromatic rings. The van der Waals surface area contributed by atoms with Crippen molar-refractivity contribution in [3.63, 3.8) is 0 Å². The van der Waals surface area contributed by atoms with Crippen LogP contribution in [0.5, 0.6) is 5.75 Å². The Labute approximate surface area is 134 Å². The van der Waals surface area contributed by atoms with Crippen LogP contribution >= 0.6 is 0 Å². The minimum absolute atomic E-state index is 0.432. The highest BCUT2D eigenvalue weighted by molar-refractivity contribution is 5.60. The molecule has 0 unspecified atom stereocenters. The van der Waals surface area contributed by atoms with Gasteiger partial charge in [-0.05, 0) is 31.2 Å². The Kier molecular flexibility index (Phi) is 4.33. The Morgan fingerprint density at radius 3 is 2.57 bits per heavy atom. The molecule has 0 saturated carbocycles. The van der Waals surface area contributed by atoms with Crippen LogP contribution in [-0.2, 0) is 0 Å². The number of nitrogens with one attached hydrogen (secondary N) is 2. The molecule has 0 aliphatic carbocycles. The molecule has 0 radical (unpaired) electrons. The third kappa shape index (κ3) is 3.94. The molecule has 0 aliphatic heterocycles. The van der Waals surface area contributed by atoms with E-state index in [1.54, 1.807) is 13.3 Å². The zero-order chi connectivity index (χ0) is 16.1. The van der Waals surface area contributed by atoms with Gasteiger partial charge in [-0.3, -0.25) is 0 Å². The lowest BCUT2D eigenvalue weighted by molar-refractivity contribution is 0.415. The molecule has 3 rings (SSSR count). The summed E-state index contributed by atoms with van der Waals surface area (Å²) in [7, 11) is 1.63. The Morgan fingerprint density at radius 1 is 0.957 bits per heavy atom. The molecule has 2 aromatic carbocycles. The van der Waals surface area contributed by atoms with E-state index in [9.17, 15) is 0 Å². The number of hydrogen-bond donors (Lipinski definition) is 2. The van der Waals surface area contributed by atoms with Crippen LogP contribution in [0.2, 0.25) is 0 Å². The Balaban J connectivity index is 1.75. The van der Waals surface area contributed by atoms with E-state index in [2.05, 4.69) is 25.8 Å². The van der Waals surface area contributed by atoms with Crippen molar-refractivity contribution < 1.29 is 4.74 Å². The van der Waals surface area contributed by atoms with Gasteiger partial charge in [-0.15, -0.1) is 5.10 Å². The molecule has 0 bridgehead atoms. The van der Waals surface area contributed by atoms with E-state index in [1.165, 1.54) is 5.56 Å². The van der Waals surface area contributed by atoms with Gasteiger partial charge in [0.15, 0.2) is 5.82 Å². The second-order valence-electron chi connectivity index (χ2n) is 5.01. The lowest BCUT2D eigenvalue weighted by Crippen LogP contribution is -2.02. The van der Waals surface area contributed by atoms with Gasteiger partial charge in [0.1, 0.15) is 5.75 Å². The summed E-state index contributed by atoms with van der Waals surface area (Å²) in [5.41, 5.74) is 2.98. The van der Waals surface area contributed by atoms with Crippen molar-refractivity contribution in [2.45, 2.75) is 6.92 Å². The fraction of sp³-hybridized carbons (Fsp3) is 0.118. The number of anilines is 4. The summed E-state index contributed by atoms with van der Waals surface area (Å²) in [5, 5.41) is 14.3. The van der Waals surface area contributed by atoms with Gasteiger partial charge >= 0.3 is 0 Å². The van der Waals surface area contributed by atoms with E-state index in [4.69, 9.17) is 4.74 Å². The lowest BCUT2D eigenvalue weighted by atomic mass is 10.2. The van der Waals surface area contributed by atoms with Crippen molar-refractivity contribution in [2.24, 2.45) is 0 Å². The minimum Gasteiger partial charge on any atom is -0.497 e. The summed E-state index contributed by atoms with van der Waals surface area (Å²) in [6, 6.07) is 15.6. The molecule has 23 heavy (non-hydrogen) atoms. The summed E-state index contributed by atoms with van der Waals surface area (Å²) in [4.78, 5) is 4.40. The molecular weight excluding hydrogens is 290 g/mol. The number of hydrogen-bond acceptors (Lipinski definition) is 6. The first-order valence-electron chi connectivity index (χ1n) is 7.17. The molecule has 6 nitrogen and oxygen atoms in total. The summed E-state index contributed by atoms with van der Waals surface area (Å²) in [6.45, 7) is 2.04. The first-order chi connectivity index (χ1) is 11.2. The van der Waals surface area contributed by atoms with Gasteiger partial charge in [0.05, 0.1) is 13.3 Å². The molecule has 0 aliphatic rings. The van der Waals surface area contributed by atoms with Crippen molar-refractivity contribution in [3.8, 4) is 5.75 Å². The monoisotopic (exact) mass is 307 g/mol. The van der Waals surface area contributed by atoms with Gasteiger partial charge in [0.2, 0.25) is 5.95 Å². The van der Waals surface area contributed by atoms with Crippen LogP contribution in [-0.4, -0.2) is 22.3 Å². The van der Waals surface area contributed by atoms with E-state index < -0.39 is 0 Å². The number of benzene rings is 2. The van der Waals surface area contributed by atoms with Gasteiger partial charge in [0, 0.05) is 17.4 Å². The van der Waals surface area contributed by atoms with E-state index in [0.717, 1.165) is 17.1 Å². The average molecular weight is 307 g/mol. The fourth-order valence-electron chi connectivity index (χ4n) is 2.03. The summed E-state index contributed by atoms with van der Waals surface area (Å²) in [6.07, 6.45) is 1.57. The Morgan fingerprint density at radius 2 is 1.78 bits per heavy atom. The standard InChI is InChI=1S/C17H17N5O/c1-12-6-8-13(9-7-12)20-17-21-16(11-18-22-17)19-14-4-3-5-15(10-14)23-2/h3-11H,1-2H3,(H2,19,20,21,22). The molecule has 0 fully saturated rings. The van der Waals surface area contributed by atoms with Gasteiger partial charge in [-0.25, -0.2) is 0 Å². The number of rotatable bonds is 5. The zero-order valence-electron chi connectivity index (χ0n) is 12.9.